The first-order valence-corrected chi connectivity index (χ1v) is 8.17. The van der Waals surface area contributed by atoms with E-state index in [9.17, 15) is 14.7 Å². The molecule has 6 heteroatoms. The second-order valence-corrected chi connectivity index (χ2v) is 6.25. The molecule has 1 aromatic heterocycles. The minimum atomic E-state index is -0.860. The minimum absolute atomic E-state index is 0.221. The molecule has 1 aliphatic heterocycles. The number of amides is 1. The molecule has 1 aromatic carbocycles. The van der Waals surface area contributed by atoms with Crippen molar-refractivity contribution in [2.24, 2.45) is 5.92 Å². The monoisotopic (exact) mass is 344 g/mol. The second-order valence-electron chi connectivity index (χ2n) is 5.84. The van der Waals surface area contributed by atoms with Crippen molar-refractivity contribution in [2.45, 2.75) is 12.8 Å². The number of benzene rings is 1. The third-order valence-electron chi connectivity index (χ3n) is 4.22. The molecular formula is C18H17ClN2O3. The fourth-order valence-electron chi connectivity index (χ4n) is 2.92. The van der Waals surface area contributed by atoms with Crippen LogP contribution in [0.15, 0.2) is 42.6 Å². The van der Waals surface area contributed by atoms with Crippen LogP contribution >= 0.6 is 11.6 Å². The van der Waals surface area contributed by atoms with E-state index in [1.165, 1.54) is 0 Å². The number of halogens is 1. The Labute approximate surface area is 144 Å². The van der Waals surface area contributed by atoms with Crippen molar-refractivity contribution in [2.75, 3.05) is 13.1 Å². The summed E-state index contributed by atoms with van der Waals surface area (Å²) in [4.78, 5) is 29.8. The predicted molar refractivity (Wildman–Crippen MR) is 90.9 cm³/mol. The van der Waals surface area contributed by atoms with Gasteiger partial charge >= 0.3 is 5.97 Å². The molecule has 5 nitrogen and oxygen atoms in total. The lowest BCUT2D eigenvalue weighted by atomic mass is 9.97. The van der Waals surface area contributed by atoms with Crippen molar-refractivity contribution >= 4 is 23.5 Å². The molecule has 1 saturated heterocycles. The smallest absolute Gasteiger partial charge is 0.308 e. The Morgan fingerprint density at radius 1 is 1.25 bits per heavy atom. The molecule has 0 radical (unpaired) electrons. The summed E-state index contributed by atoms with van der Waals surface area (Å²) >= 11 is 6.21. The fraction of sp³-hybridized carbons (Fsp3) is 0.278. The van der Waals surface area contributed by atoms with Crippen molar-refractivity contribution in [1.82, 2.24) is 9.88 Å². The van der Waals surface area contributed by atoms with Gasteiger partial charge in [-0.05, 0) is 37.1 Å². The first kappa shape index (κ1) is 16.5. The highest BCUT2D eigenvalue weighted by molar-refractivity contribution is 6.34. The van der Waals surface area contributed by atoms with E-state index in [0.717, 1.165) is 11.3 Å². The second kappa shape index (κ2) is 7.01. The van der Waals surface area contributed by atoms with Crippen molar-refractivity contribution in [3.63, 3.8) is 0 Å². The standard InChI is InChI=1S/C18H17ClN2O3/c19-15-7-6-12(16-5-1-2-8-20-16)10-14(15)17(22)21-9-3-4-13(11-21)18(23)24/h1-2,5-8,10,13H,3-4,9,11H2,(H,23,24). The molecule has 1 fully saturated rings. The summed E-state index contributed by atoms with van der Waals surface area (Å²) in [5.74, 6) is -1.61. The van der Waals surface area contributed by atoms with Gasteiger partial charge in [-0.15, -0.1) is 0 Å². The molecule has 0 aliphatic carbocycles. The molecule has 2 heterocycles. The van der Waals surface area contributed by atoms with Crippen LogP contribution in [0.2, 0.25) is 5.02 Å². The first-order valence-electron chi connectivity index (χ1n) is 7.79. The predicted octanol–water partition coefficient (Wildman–Crippen LogP) is 3.34. The fourth-order valence-corrected chi connectivity index (χ4v) is 3.11. The highest BCUT2D eigenvalue weighted by Gasteiger charge is 2.29. The lowest BCUT2D eigenvalue weighted by Crippen LogP contribution is -2.42. The van der Waals surface area contributed by atoms with Gasteiger partial charge in [-0.3, -0.25) is 14.6 Å². The molecule has 1 aliphatic rings. The summed E-state index contributed by atoms with van der Waals surface area (Å²) in [5, 5.41) is 9.54. The number of hydrogen-bond acceptors (Lipinski definition) is 3. The van der Waals surface area contributed by atoms with Crippen molar-refractivity contribution < 1.29 is 14.7 Å². The number of carbonyl (C=O) groups is 2. The van der Waals surface area contributed by atoms with Gasteiger partial charge in [0.05, 0.1) is 22.2 Å². The number of nitrogens with zero attached hydrogens (tertiary/aromatic N) is 2. The average molecular weight is 345 g/mol. The lowest BCUT2D eigenvalue weighted by Gasteiger charge is -2.31. The zero-order valence-corrected chi connectivity index (χ0v) is 13.7. The Morgan fingerprint density at radius 2 is 2.08 bits per heavy atom. The van der Waals surface area contributed by atoms with E-state index in [4.69, 9.17) is 11.6 Å². The zero-order chi connectivity index (χ0) is 17.1. The SMILES string of the molecule is O=C(O)C1CCCN(C(=O)c2cc(-c3ccccn3)ccc2Cl)C1. The van der Waals surface area contributed by atoms with E-state index >= 15 is 0 Å². The maximum absolute atomic E-state index is 12.8. The normalized spacial score (nSPS) is 17.5. The quantitative estimate of drug-likeness (QED) is 0.927. The van der Waals surface area contributed by atoms with Crippen LogP contribution in [0, 0.1) is 5.92 Å². The van der Waals surface area contributed by atoms with Gasteiger partial charge < -0.3 is 10.0 Å². The summed E-state index contributed by atoms with van der Waals surface area (Å²) in [5.41, 5.74) is 1.94. The van der Waals surface area contributed by atoms with E-state index in [0.29, 0.717) is 30.0 Å². The van der Waals surface area contributed by atoms with E-state index in [-0.39, 0.29) is 12.5 Å². The summed E-state index contributed by atoms with van der Waals surface area (Å²) < 4.78 is 0. The number of carboxylic acid groups (broad SMARTS) is 1. The summed E-state index contributed by atoms with van der Waals surface area (Å²) in [6.45, 7) is 0.769. The molecule has 1 atom stereocenters. The number of carboxylic acids is 1. The highest BCUT2D eigenvalue weighted by atomic mass is 35.5. The number of piperidine rings is 1. The van der Waals surface area contributed by atoms with E-state index in [1.54, 1.807) is 23.2 Å². The number of carbonyl (C=O) groups excluding carboxylic acids is 1. The average Bonchev–Trinajstić information content (AvgIpc) is 2.62. The van der Waals surface area contributed by atoms with Gasteiger partial charge in [0, 0.05) is 24.8 Å². The molecule has 24 heavy (non-hydrogen) atoms. The Bertz CT molecular complexity index is 764. The highest BCUT2D eigenvalue weighted by Crippen LogP contribution is 2.27. The molecule has 3 rings (SSSR count). The van der Waals surface area contributed by atoms with Crippen LogP contribution < -0.4 is 0 Å². The molecule has 2 aromatic rings. The van der Waals surface area contributed by atoms with Crippen molar-refractivity contribution in [1.29, 1.82) is 0 Å². The van der Waals surface area contributed by atoms with Crippen LogP contribution in [0.1, 0.15) is 23.2 Å². The third-order valence-corrected chi connectivity index (χ3v) is 4.54. The van der Waals surface area contributed by atoms with Gasteiger partial charge in [-0.2, -0.15) is 0 Å². The Kier molecular flexibility index (Phi) is 4.81. The lowest BCUT2D eigenvalue weighted by molar-refractivity contribution is -0.143. The van der Waals surface area contributed by atoms with Gasteiger partial charge in [0.25, 0.3) is 5.91 Å². The Balaban J connectivity index is 1.88. The maximum atomic E-state index is 12.8. The number of aliphatic carboxylic acids is 1. The molecule has 0 spiro atoms. The summed E-state index contributed by atoms with van der Waals surface area (Å²) in [6.07, 6.45) is 2.97. The van der Waals surface area contributed by atoms with Crippen LogP contribution in [-0.2, 0) is 4.79 Å². The van der Waals surface area contributed by atoms with E-state index in [2.05, 4.69) is 4.98 Å². The van der Waals surface area contributed by atoms with Gasteiger partial charge in [0.2, 0.25) is 0 Å². The molecule has 0 bridgehead atoms. The number of rotatable bonds is 3. The summed E-state index contributed by atoms with van der Waals surface area (Å²) in [7, 11) is 0. The van der Waals surface area contributed by atoms with Gasteiger partial charge in [-0.25, -0.2) is 0 Å². The van der Waals surface area contributed by atoms with Crippen LogP contribution in [0.3, 0.4) is 0 Å². The first-order chi connectivity index (χ1) is 11.6. The van der Waals surface area contributed by atoms with Crippen LogP contribution in [0.4, 0.5) is 0 Å². The zero-order valence-electron chi connectivity index (χ0n) is 13.0. The molecule has 1 amide bonds. The van der Waals surface area contributed by atoms with E-state index < -0.39 is 11.9 Å². The van der Waals surface area contributed by atoms with Crippen LogP contribution in [0.25, 0.3) is 11.3 Å². The molecule has 1 unspecified atom stereocenters. The molecular weight excluding hydrogens is 328 g/mol. The number of pyridine rings is 1. The van der Waals surface area contributed by atoms with Crippen LogP contribution in [-0.4, -0.2) is 40.0 Å². The summed E-state index contributed by atoms with van der Waals surface area (Å²) in [6, 6.07) is 10.8. The third kappa shape index (κ3) is 3.41. The number of hydrogen-bond donors (Lipinski definition) is 1. The topological polar surface area (TPSA) is 70.5 Å². The van der Waals surface area contributed by atoms with Gasteiger partial charge in [0.15, 0.2) is 0 Å². The molecule has 1 N–H and O–H groups in total. The van der Waals surface area contributed by atoms with Gasteiger partial charge in [-0.1, -0.05) is 23.7 Å². The molecule has 0 saturated carbocycles. The van der Waals surface area contributed by atoms with Crippen LogP contribution in [0.5, 0.6) is 0 Å². The van der Waals surface area contributed by atoms with Crippen molar-refractivity contribution in [3.05, 3.63) is 53.2 Å². The Morgan fingerprint density at radius 3 is 2.79 bits per heavy atom. The largest absolute Gasteiger partial charge is 0.481 e. The maximum Gasteiger partial charge on any atom is 0.308 e. The van der Waals surface area contributed by atoms with E-state index in [1.807, 2.05) is 24.3 Å². The van der Waals surface area contributed by atoms with Crippen molar-refractivity contribution in [3.8, 4) is 11.3 Å². The number of aromatic nitrogens is 1. The minimum Gasteiger partial charge on any atom is -0.481 e. The Hall–Kier alpha value is -2.40. The van der Waals surface area contributed by atoms with Gasteiger partial charge in [0.1, 0.15) is 0 Å². The number of likely N-dealkylation sites (tertiary alicyclic amines) is 1. The molecule has 124 valence electrons.